The molecular weight excluding hydrogens is 248 g/mol. The van der Waals surface area contributed by atoms with Crippen molar-refractivity contribution < 1.29 is 39.2 Å². The van der Waals surface area contributed by atoms with Crippen LogP contribution in [-0.2, 0) is 23.9 Å². The summed E-state index contributed by atoms with van der Waals surface area (Å²) < 4.78 is 8.95. The zero-order chi connectivity index (χ0) is 14.0. The molecule has 0 aliphatic rings. The number of carbonyl (C=O) groups is 3. The molecule has 0 bridgehead atoms. The van der Waals surface area contributed by atoms with Gasteiger partial charge in [-0.25, -0.2) is 9.59 Å². The molecule has 0 fully saturated rings. The van der Waals surface area contributed by atoms with Gasteiger partial charge in [0.15, 0.2) is 0 Å². The van der Waals surface area contributed by atoms with Crippen molar-refractivity contribution in [2.45, 2.75) is 25.4 Å². The second kappa shape index (κ2) is 9.51. The molecule has 0 aromatic heterocycles. The molecule has 0 aliphatic heterocycles. The molecule has 0 aliphatic carbocycles. The zero-order valence-electron chi connectivity index (χ0n) is 9.70. The van der Waals surface area contributed by atoms with Crippen molar-refractivity contribution in [3.05, 3.63) is 0 Å². The van der Waals surface area contributed by atoms with Crippen LogP contribution in [-0.4, -0.2) is 59.2 Å². The normalized spacial score (nSPS) is 11.9. The van der Waals surface area contributed by atoms with Crippen LogP contribution >= 0.6 is 0 Å². The summed E-state index contributed by atoms with van der Waals surface area (Å²) >= 11 is 0. The van der Waals surface area contributed by atoms with Crippen molar-refractivity contribution in [2.24, 2.45) is 0 Å². The standard InChI is InChI=1S/C10H16O8/c11-5-7(12)6-17-4-2-1-3-8(13)18-10(16)9(14)15/h7,11-12H,1-6H2,(H,14,15). The molecule has 0 radical (unpaired) electrons. The Bertz CT molecular complexity index is 288. The number of carbonyl (C=O) groups excluding carboxylic acids is 2. The topological polar surface area (TPSA) is 130 Å². The third kappa shape index (κ3) is 8.62. The number of unbranched alkanes of at least 4 members (excludes halogenated alkanes) is 1. The zero-order valence-corrected chi connectivity index (χ0v) is 9.70. The molecule has 1 atom stereocenters. The summed E-state index contributed by atoms with van der Waals surface area (Å²) in [7, 11) is 0. The first-order chi connectivity index (χ1) is 8.47. The molecule has 1 unspecified atom stereocenters. The number of ether oxygens (including phenoxy) is 2. The van der Waals surface area contributed by atoms with Crippen LogP contribution in [0.2, 0.25) is 0 Å². The van der Waals surface area contributed by atoms with Gasteiger partial charge in [0.1, 0.15) is 6.10 Å². The van der Waals surface area contributed by atoms with Crippen molar-refractivity contribution in [2.75, 3.05) is 19.8 Å². The summed E-state index contributed by atoms with van der Waals surface area (Å²) in [6, 6.07) is 0. The fraction of sp³-hybridized carbons (Fsp3) is 0.700. The van der Waals surface area contributed by atoms with Crippen molar-refractivity contribution >= 4 is 17.9 Å². The Morgan fingerprint density at radius 2 is 1.83 bits per heavy atom. The van der Waals surface area contributed by atoms with Crippen LogP contribution in [0.25, 0.3) is 0 Å². The number of aliphatic hydroxyl groups is 2. The van der Waals surface area contributed by atoms with Gasteiger partial charge in [-0.1, -0.05) is 0 Å². The highest BCUT2D eigenvalue weighted by atomic mass is 16.6. The van der Waals surface area contributed by atoms with Crippen LogP contribution in [0.1, 0.15) is 19.3 Å². The minimum Gasteiger partial charge on any atom is -0.473 e. The molecule has 0 aromatic rings. The van der Waals surface area contributed by atoms with Gasteiger partial charge in [0.25, 0.3) is 0 Å². The summed E-state index contributed by atoms with van der Waals surface area (Å²) in [5.74, 6) is -4.32. The van der Waals surface area contributed by atoms with Crippen LogP contribution < -0.4 is 0 Å². The van der Waals surface area contributed by atoms with Gasteiger partial charge in [-0.05, 0) is 12.8 Å². The highest BCUT2D eigenvalue weighted by Gasteiger charge is 2.17. The summed E-state index contributed by atoms with van der Waals surface area (Å²) in [4.78, 5) is 31.5. The third-order valence-electron chi connectivity index (χ3n) is 1.82. The SMILES string of the molecule is O=C(CCCCOCC(O)CO)OC(=O)C(=O)O. The number of hydrogen-bond donors (Lipinski definition) is 3. The molecule has 8 heteroatoms. The lowest BCUT2D eigenvalue weighted by molar-refractivity contribution is -0.170. The van der Waals surface area contributed by atoms with Crippen LogP contribution in [0.4, 0.5) is 0 Å². The molecule has 0 aromatic carbocycles. The predicted octanol–water partition coefficient (Wildman–Crippen LogP) is -1.32. The molecule has 0 saturated carbocycles. The van der Waals surface area contributed by atoms with Crippen LogP contribution in [0.3, 0.4) is 0 Å². The Morgan fingerprint density at radius 1 is 1.17 bits per heavy atom. The third-order valence-corrected chi connectivity index (χ3v) is 1.82. The van der Waals surface area contributed by atoms with Gasteiger partial charge in [0.2, 0.25) is 0 Å². The van der Waals surface area contributed by atoms with E-state index in [2.05, 4.69) is 4.74 Å². The lowest BCUT2D eigenvalue weighted by atomic mass is 10.2. The molecule has 0 heterocycles. The average Bonchev–Trinajstić information content (AvgIpc) is 2.32. The maximum absolute atomic E-state index is 10.9. The molecule has 18 heavy (non-hydrogen) atoms. The molecule has 3 N–H and O–H groups in total. The van der Waals surface area contributed by atoms with Gasteiger partial charge in [-0.15, -0.1) is 0 Å². The number of carboxylic acids is 1. The maximum atomic E-state index is 10.9. The van der Waals surface area contributed by atoms with E-state index in [1.165, 1.54) is 0 Å². The van der Waals surface area contributed by atoms with Crippen LogP contribution in [0.15, 0.2) is 0 Å². The highest BCUT2D eigenvalue weighted by Crippen LogP contribution is 1.99. The molecule has 8 nitrogen and oxygen atoms in total. The van der Waals surface area contributed by atoms with E-state index < -0.39 is 24.0 Å². The van der Waals surface area contributed by atoms with Crippen LogP contribution in [0, 0.1) is 0 Å². The monoisotopic (exact) mass is 264 g/mol. The maximum Gasteiger partial charge on any atom is 0.424 e. The van der Waals surface area contributed by atoms with E-state index in [-0.39, 0.29) is 26.2 Å². The van der Waals surface area contributed by atoms with Crippen molar-refractivity contribution in [1.29, 1.82) is 0 Å². The highest BCUT2D eigenvalue weighted by molar-refractivity contribution is 6.30. The Hall–Kier alpha value is -1.51. The van der Waals surface area contributed by atoms with E-state index in [1.807, 2.05) is 0 Å². The summed E-state index contributed by atoms with van der Waals surface area (Å²) in [5.41, 5.74) is 0. The van der Waals surface area contributed by atoms with Gasteiger partial charge in [0.05, 0.1) is 13.2 Å². The summed E-state index contributed by atoms with van der Waals surface area (Å²) in [6.45, 7) is -0.112. The Labute approximate surface area is 103 Å². The molecule has 0 saturated heterocycles. The van der Waals surface area contributed by atoms with Crippen molar-refractivity contribution in [3.8, 4) is 0 Å². The van der Waals surface area contributed by atoms with Gasteiger partial charge < -0.3 is 24.8 Å². The van der Waals surface area contributed by atoms with Gasteiger partial charge in [-0.2, -0.15) is 0 Å². The molecular formula is C10H16O8. The second-order valence-corrected chi connectivity index (χ2v) is 3.44. The number of aliphatic hydroxyl groups excluding tert-OH is 2. The largest absolute Gasteiger partial charge is 0.473 e. The Balaban J connectivity index is 3.46. The molecule has 0 spiro atoms. The first kappa shape index (κ1) is 16.5. The quantitative estimate of drug-likeness (QED) is 0.213. The molecule has 104 valence electrons. The van der Waals surface area contributed by atoms with Gasteiger partial charge >= 0.3 is 17.9 Å². The second-order valence-electron chi connectivity index (χ2n) is 3.44. The van der Waals surface area contributed by atoms with Crippen molar-refractivity contribution in [3.63, 3.8) is 0 Å². The number of esters is 2. The van der Waals surface area contributed by atoms with Gasteiger partial charge in [0, 0.05) is 13.0 Å². The van der Waals surface area contributed by atoms with E-state index in [0.717, 1.165) is 0 Å². The fourth-order valence-electron chi connectivity index (χ4n) is 0.944. The van der Waals surface area contributed by atoms with E-state index in [4.69, 9.17) is 20.1 Å². The Morgan fingerprint density at radius 3 is 2.39 bits per heavy atom. The van der Waals surface area contributed by atoms with Crippen molar-refractivity contribution in [1.82, 2.24) is 0 Å². The van der Waals surface area contributed by atoms with E-state index >= 15 is 0 Å². The Kier molecular flexibility index (Phi) is 8.71. The number of hydrogen-bond acceptors (Lipinski definition) is 7. The lowest BCUT2D eigenvalue weighted by Gasteiger charge is -2.07. The first-order valence-corrected chi connectivity index (χ1v) is 5.32. The van der Waals surface area contributed by atoms with Crippen LogP contribution in [0.5, 0.6) is 0 Å². The minimum absolute atomic E-state index is 0.00154. The van der Waals surface area contributed by atoms with E-state index in [1.54, 1.807) is 0 Å². The number of carboxylic acid groups (broad SMARTS) is 1. The summed E-state index contributed by atoms with van der Waals surface area (Å²) in [5, 5.41) is 25.5. The molecule has 0 rings (SSSR count). The average molecular weight is 264 g/mol. The number of aliphatic carboxylic acids is 1. The predicted molar refractivity (Wildman–Crippen MR) is 56.5 cm³/mol. The van der Waals surface area contributed by atoms with Gasteiger partial charge in [-0.3, -0.25) is 4.79 Å². The number of rotatable bonds is 8. The lowest BCUT2D eigenvalue weighted by Crippen LogP contribution is -2.21. The first-order valence-electron chi connectivity index (χ1n) is 5.32. The summed E-state index contributed by atoms with van der Waals surface area (Å²) in [6.07, 6.45) is -0.177. The fourth-order valence-corrected chi connectivity index (χ4v) is 0.944. The smallest absolute Gasteiger partial charge is 0.424 e. The minimum atomic E-state index is -1.82. The van der Waals surface area contributed by atoms with E-state index in [9.17, 15) is 14.4 Å². The molecule has 0 amide bonds. The van der Waals surface area contributed by atoms with E-state index in [0.29, 0.717) is 12.8 Å².